The Morgan fingerprint density at radius 1 is 1.50 bits per heavy atom. The van der Waals surface area contributed by atoms with Gasteiger partial charge in [-0.1, -0.05) is 38.0 Å². The molecule has 0 amide bonds. The summed E-state index contributed by atoms with van der Waals surface area (Å²) in [6.07, 6.45) is 3.51. The number of hydrogen-bond donors (Lipinski definition) is 2. The van der Waals surface area contributed by atoms with Crippen LogP contribution in [0.1, 0.15) is 37.7 Å². The van der Waals surface area contributed by atoms with Gasteiger partial charge in [-0.05, 0) is 12.5 Å². The molecule has 1 aliphatic rings. The first-order valence-corrected chi connectivity index (χ1v) is 6.04. The summed E-state index contributed by atoms with van der Waals surface area (Å²) in [5, 5.41) is 0. The second-order valence-corrected chi connectivity index (χ2v) is 4.37. The van der Waals surface area contributed by atoms with Gasteiger partial charge in [0.1, 0.15) is 5.75 Å². The molecule has 3 heteroatoms. The van der Waals surface area contributed by atoms with Crippen molar-refractivity contribution in [2.75, 3.05) is 6.61 Å². The topological polar surface area (TPSA) is 47.3 Å². The zero-order valence-electron chi connectivity index (χ0n) is 9.78. The minimum atomic E-state index is 0.323. The normalized spacial score (nSPS) is 20.2. The largest absolute Gasteiger partial charge is 0.493 e. The standard InChI is InChI=1S/C13H20N2O/c1-2-3-7-12(15-14)11-9-16-13-8-5-4-6-10(11)13/h4-6,8,11-12,15H,2-3,7,9,14H2,1H3. The molecule has 3 N–H and O–H groups in total. The van der Waals surface area contributed by atoms with Crippen LogP contribution in [-0.4, -0.2) is 12.6 Å². The summed E-state index contributed by atoms with van der Waals surface area (Å²) < 4.78 is 5.68. The quantitative estimate of drug-likeness (QED) is 0.590. The number of fused-ring (bicyclic) bond motifs is 1. The molecule has 2 rings (SSSR count). The highest BCUT2D eigenvalue weighted by Crippen LogP contribution is 2.36. The summed E-state index contributed by atoms with van der Waals surface area (Å²) in [7, 11) is 0. The van der Waals surface area contributed by atoms with Crippen molar-refractivity contribution in [1.82, 2.24) is 5.43 Å². The first-order chi connectivity index (χ1) is 7.86. The molecular formula is C13H20N2O. The number of para-hydroxylation sites is 1. The van der Waals surface area contributed by atoms with E-state index in [1.54, 1.807) is 0 Å². The predicted octanol–water partition coefficient (Wildman–Crippen LogP) is 2.18. The lowest BCUT2D eigenvalue weighted by Gasteiger charge is -2.21. The maximum Gasteiger partial charge on any atom is 0.122 e. The van der Waals surface area contributed by atoms with E-state index in [0.29, 0.717) is 12.0 Å². The van der Waals surface area contributed by atoms with E-state index in [2.05, 4.69) is 24.5 Å². The Morgan fingerprint density at radius 3 is 3.06 bits per heavy atom. The lowest BCUT2D eigenvalue weighted by Crippen LogP contribution is -2.40. The van der Waals surface area contributed by atoms with Gasteiger partial charge in [0.05, 0.1) is 6.61 Å². The SMILES string of the molecule is CCCCC(NN)C1COc2ccccc21. The van der Waals surface area contributed by atoms with Crippen molar-refractivity contribution in [2.24, 2.45) is 5.84 Å². The Morgan fingerprint density at radius 2 is 2.31 bits per heavy atom. The average molecular weight is 220 g/mol. The van der Waals surface area contributed by atoms with Crippen molar-refractivity contribution in [3.8, 4) is 5.75 Å². The van der Waals surface area contributed by atoms with Crippen LogP contribution >= 0.6 is 0 Å². The van der Waals surface area contributed by atoms with Crippen LogP contribution < -0.4 is 16.0 Å². The van der Waals surface area contributed by atoms with Gasteiger partial charge in [0.15, 0.2) is 0 Å². The highest BCUT2D eigenvalue weighted by Gasteiger charge is 2.29. The zero-order valence-corrected chi connectivity index (χ0v) is 9.78. The third-order valence-electron chi connectivity index (χ3n) is 3.31. The molecule has 0 spiro atoms. The molecule has 0 aromatic heterocycles. The van der Waals surface area contributed by atoms with Gasteiger partial charge in [-0.15, -0.1) is 0 Å². The minimum Gasteiger partial charge on any atom is -0.493 e. The first kappa shape index (κ1) is 11.4. The smallest absolute Gasteiger partial charge is 0.122 e. The highest BCUT2D eigenvalue weighted by atomic mass is 16.5. The molecule has 0 fully saturated rings. The Balaban J connectivity index is 2.10. The molecule has 1 aliphatic heterocycles. The van der Waals surface area contributed by atoms with Crippen LogP contribution in [0.15, 0.2) is 24.3 Å². The molecule has 2 unspecified atom stereocenters. The van der Waals surface area contributed by atoms with Gasteiger partial charge >= 0.3 is 0 Å². The number of benzene rings is 1. The molecule has 2 atom stereocenters. The number of ether oxygens (including phenoxy) is 1. The number of nitrogens with two attached hydrogens (primary N) is 1. The van der Waals surface area contributed by atoms with Crippen LogP contribution in [0, 0.1) is 0 Å². The van der Waals surface area contributed by atoms with Gasteiger partial charge in [0.25, 0.3) is 0 Å². The molecule has 0 saturated heterocycles. The summed E-state index contributed by atoms with van der Waals surface area (Å²) in [6, 6.07) is 8.57. The Labute approximate surface area is 97.0 Å². The molecule has 0 aliphatic carbocycles. The molecule has 0 radical (unpaired) electrons. The van der Waals surface area contributed by atoms with E-state index in [-0.39, 0.29) is 0 Å². The fraction of sp³-hybridized carbons (Fsp3) is 0.538. The van der Waals surface area contributed by atoms with E-state index in [4.69, 9.17) is 10.6 Å². The van der Waals surface area contributed by atoms with Crippen molar-refractivity contribution < 1.29 is 4.74 Å². The second-order valence-electron chi connectivity index (χ2n) is 4.37. The number of hydrazine groups is 1. The van der Waals surface area contributed by atoms with E-state index < -0.39 is 0 Å². The van der Waals surface area contributed by atoms with E-state index in [1.807, 2.05) is 12.1 Å². The second kappa shape index (κ2) is 5.32. The third-order valence-corrected chi connectivity index (χ3v) is 3.31. The first-order valence-electron chi connectivity index (χ1n) is 6.04. The Kier molecular flexibility index (Phi) is 3.80. The van der Waals surface area contributed by atoms with E-state index >= 15 is 0 Å². The zero-order chi connectivity index (χ0) is 11.4. The van der Waals surface area contributed by atoms with Crippen LogP contribution in [0.3, 0.4) is 0 Å². The van der Waals surface area contributed by atoms with Crippen molar-refractivity contribution in [1.29, 1.82) is 0 Å². The molecular weight excluding hydrogens is 200 g/mol. The summed E-state index contributed by atoms with van der Waals surface area (Å²) in [5.41, 5.74) is 4.23. The molecule has 0 bridgehead atoms. The third kappa shape index (κ3) is 2.20. The van der Waals surface area contributed by atoms with Crippen LogP contribution in [0.2, 0.25) is 0 Å². The molecule has 1 heterocycles. The molecule has 3 nitrogen and oxygen atoms in total. The van der Waals surface area contributed by atoms with Gasteiger partial charge in [0.2, 0.25) is 0 Å². The van der Waals surface area contributed by atoms with Crippen LogP contribution in [0.4, 0.5) is 0 Å². The molecule has 16 heavy (non-hydrogen) atoms. The van der Waals surface area contributed by atoms with Crippen molar-refractivity contribution in [3.63, 3.8) is 0 Å². The number of nitrogens with one attached hydrogen (secondary N) is 1. The Hall–Kier alpha value is -1.06. The van der Waals surface area contributed by atoms with Crippen molar-refractivity contribution >= 4 is 0 Å². The summed E-state index contributed by atoms with van der Waals surface area (Å²) in [5.74, 6) is 7.06. The van der Waals surface area contributed by atoms with Gasteiger partial charge in [-0.3, -0.25) is 11.3 Å². The molecule has 1 aromatic carbocycles. The fourth-order valence-corrected chi connectivity index (χ4v) is 2.35. The molecule has 88 valence electrons. The van der Waals surface area contributed by atoms with Gasteiger partial charge in [0, 0.05) is 17.5 Å². The number of unbranched alkanes of at least 4 members (excludes halogenated alkanes) is 1. The number of hydrogen-bond acceptors (Lipinski definition) is 3. The highest BCUT2D eigenvalue weighted by molar-refractivity contribution is 5.40. The average Bonchev–Trinajstić information content (AvgIpc) is 2.75. The monoisotopic (exact) mass is 220 g/mol. The van der Waals surface area contributed by atoms with E-state index in [9.17, 15) is 0 Å². The summed E-state index contributed by atoms with van der Waals surface area (Å²) in [6.45, 7) is 2.95. The lowest BCUT2D eigenvalue weighted by atomic mass is 9.90. The van der Waals surface area contributed by atoms with Crippen LogP contribution in [0.5, 0.6) is 5.75 Å². The maximum atomic E-state index is 5.68. The number of rotatable bonds is 5. The maximum absolute atomic E-state index is 5.68. The summed E-state index contributed by atoms with van der Waals surface area (Å²) >= 11 is 0. The van der Waals surface area contributed by atoms with Crippen molar-refractivity contribution in [2.45, 2.75) is 38.1 Å². The van der Waals surface area contributed by atoms with Gasteiger partial charge in [-0.25, -0.2) is 0 Å². The molecule has 1 aromatic rings. The predicted molar refractivity (Wildman–Crippen MR) is 65.3 cm³/mol. The van der Waals surface area contributed by atoms with Gasteiger partial charge < -0.3 is 4.74 Å². The summed E-state index contributed by atoms with van der Waals surface area (Å²) in [4.78, 5) is 0. The minimum absolute atomic E-state index is 0.323. The molecule has 0 saturated carbocycles. The Bertz CT molecular complexity index is 340. The van der Waals surface area contributed by atoms with Crippen molar-refractivity contribution in [3.05, 3.63) is 29.8 Å². The van der Waals surface area contributed by atoms with E-state index in [1.165, 1.54) is 18.4 Å². The fourth-order valence-electron chi connectivity index (χ4n) is 2.35. The lowest BCUT2D eigenvalue weighted by molar-refractivity contribution is 0.290. The van der Waals surface area contributed by atoms with Crippen LogP contribution in [0.25, 0.3) is 0 Å². The van der Waals surface area contributed by atoms with E-state index in [0.717, 1.165) is 18.8 Å². The van der Waals surface area contributed by atoms with Gasteiger partial charge in [-0.2, -0.15) is 0 Å². The van der Waals surface area contributed by atoms with Crippen LogP contribution in [-0.2, 0) is 0 Å².